The lowest BCUT2D eigenvalue weighted by Crippen LogP contribution is -1.83. The molecule has 0 unspecified atom stereocenters. The highest BCUT2D eigenvalue weighted by Crippen LogP contribution is 2.38. The van der Waals surface area contributed by atoms with Crippen LogP contribution in [0.2, 0.25) is 5.02 Å². The smallest absolute Gasteiger partial charge is 0.123 e. The van der Waals surface area contributed by atoms with E-state index in [1.807, 2.05) is 30.3 Å². The summed E-state index contributed by atoms with van der Waals surface area (Å²) in [6.45, 7) is 0. The fraction of sp³-hybridized carbons (Fsp3) is 0. The summed E-state index contributed by atoms with van der Waals surface area (Å²) in [6.07, 6.45) is 0. The minimum Gasteiger partial charge on any atom is -0.507 e. The highest BCUT2D eigenvalue weighted by molar-refractivity contribution is 7.99. The van der Waals surface area contributed by atoms with Crippen LogP contribution in [0.1, 0.15) is 5.56 Å². The maximum atomic E-state index is 9.92. The molecule has 2 nitrogen and oxygen atoms in total. The van der Waals surface area contributed by atoms with Gasteiger partial charge >= 0.3 is 0 Å². The van der Waals surface area contributed by atoms with E-state index in [2.05, 4.69) is 6.07 Å². The van der Waals surface area contributed by atoms with Gasteiger partial charge in [0.15, 0.2) is 0 Å². The topological polar surface area (TPSA) is 44.0 Å². The number of nitriles is 1. The van der Waals surface area contributed by atoms with E-state index in [9.17, 15) is 10.4 Å². The summed E-state index contributed by atoms with van der Waals surface area (Å²) in [7, 11) is 0. The van der Waals surface area contributed by atoms with Gasteiger partial charge in [-0.1, -0.05) is 47.6 Å². The largest absolute Gasteiger partial charge is 0.507 e. The Hall–Kier alpha value is -2.15. The third-order valence-electron chi connectivity index (χ3n) is 3.15. The molecule has 1 N–H and O–H groups in total. The molecule has 0 aromatic heterocycles. The molecule has 3 aromatic rings. The third kappa shape index (κ3) is 2.69. The van der Waals surface area contributed by atoms with E-state index < -0.39 is 0 Å². The molecular formula is C17H10ClNOS. The number of nitrogens with zero attached hydrogens (tertiary/aromatic N) is 1. The Morgan fingerprint density at radius 2 is 1.71 bits per heavy atom. The SMILES string of the molecule is N#Cc1ccc(Cl)cc1Sc1ccc(O)c2ccccc12. The van der Waals surface area contributed by atoms with Crippen molar-refractivity contribution in [3.63, 3.8) is 0 Å². The number of fused-ring (bicyclic) bond motifs is 1. The number of hydrogen-bond acceptors (Lipinski definition) is 3. The van der Waals surface area contributed by atoms with Gasteiger partial charge in [-0.25, -0.2) is 0 Å². The van der Waals surface area contributed by atoms with Gasteiger partial charge in [0, 0.05) is 20.2 Å². The molecule has 0 heterocycles. The van der Waals surface area contributed by atoms with Crippen LogP contribution in [0.25, 0.3) is 10.8 Å². The maximum absolute atomic E-state index is 9.92. The molecular weight excluding hydrogens is 302 g/mol. The number of benzene rings is 3. The van der Waals surface area contributed by atoms with Crippen molar-refractivity contribution >= 4 is 34.1 Å². The van der Waals surface area contributed by atoms with Gasteiger partial charge in [-0.3, -0.25) is 0 Å². The molecule has 3 rings (SSSR count). The zero-order chi connectivity index (χ0) is 14.8. The van der Waals surface area contributed by atoms with Crippen molar-refractivity contribution in [3.8, 4) is 11.8 Å². The number of halogens is 1. The van der Waals surface area contributed by atoms with E-state index >= 15 is 0 Å². The predicted molar refractivity (Wildman–Crippen MR) is 85.9 cm³/mol. The van der Waals surface area contributed by atoms with E-state index in [1.165, 1.54) is 11.8 Å². The first kappa shape index (κ1) is 13.8. The monoisotopic (exact) mass is 311 g/mol. The average molecular weight is 312 g/mol. The number of rotatable bonds is 2. The van der Waals surface area contributed by atoms with Crippen LogP contribution >= 0.6 is 23.4 Å². The van der Waals surface area contributed by atoms with E-state index in [1.54, 1.807) is 24.3 Å². The molecule has 3 aromatic carbocycles. The van der Waals surface area contributed by atoms with Crippen molar-refractivity contribution in [2.24, 2.45) is 0 Å². The van der Waals surface area contributed by atoms with Gasteiger partial charge in [0.05, 0.1) is 5.56 Å². The van der Waals surface area contributed by atoms with Gasteiger partial charge in [-0.05, 0) is 35.7 Å². The van der Waals surface area contributed by atoms with Crippen LogP contribution in [0.3, 0.4) is 0 Å². The second-order valence-electron chi connectivity index (χ2n) is 4.48. The van der Waals surface area contributed by atoms with Crippen molar-refractivity contribution < 1.29 is 5.11 Å². The molecule has 0 radical (unpaired) electrons. The summed E-state index contributed by atoms with van der Waals surface area (Å²) in [5, 5.41) is 21.5. The van der Waals surface area contributed by atoms with E-state index in [0.29, 0.717) is 10.6 Å². The van der Waals surface area contributed by atoms with Gasteiger partial charge in [0.1, 0.15) is 11.8 Å². The Balaban J connectivity index is 2.13. The molecule has 0 saturated heterocycles. The molecule has 0 bridgehead atoms. The summed E-state index contributed by atoms with van der Waals surface area (Å²) < 4.78 is 0. The number of hydrogen-bond donors (Lipinski definition) is 1. The zero-order valence-electron chi connectivity index (χ0n) is 10.9. The molecule has 0 aliphatic rings. The van der Waals surface area contributed by atoms with Crippen molar-refractivity contribution in [1.82, 2.24) is 0 Å². The molecule has 0 aliphatic heterocycles. The van der Waals surface area contributed by atoms with E-state index in [4.69, 9.17) is 11.6 Å². The molecule has 0 saturated carbocycles. The number of phenolic OH excluding ortho intramolecular Hbond substituents is 1. The first-order chi connectivity index (χ1) is 10.2. The predicted octanol–water partition coefficient (Wildman–Crippen LogP) is 5.22. The van der Waals surface area contributed by atoms with Crippen molar-refractivity contribution in [1.29, 1.82) is 5.26 Å². The van der Waals surface area contributed by atoms with Crippen LogP contribution in [0.4, 0.5) is 0 Å². The summed E-state index contributed by atoms with van der Waals surface area (Å²) in [5.41, 5.74) is 0.585. The third-order valence-corrected chi connectivity index (χ3v) is 4.51. The molecule has 102 valence electrons. The summed E-state index contributed by atoms with van der Waals surface area (Å²) in [5.74, 6) is 0.251. The lowest BCUT2D eigenvalue weighted by molar-refractivity contribution is 0.481. The standard InChI is InChI=1S/C17H10ClNOS/c18-12-6-5-11(10-19)17(9-12)21-16-8-7-15(20)13-3-1-2-4-14(13)16/h1-9,20H. The normalized spacial score (nSPS) is 10.5. The van der Waals surface area contributed by atoms with Gasteiger partial charge in [0.2, 0.25) is 0 Å². The van der Waals surface area contributed by atoms with Crippen LogP contribution in [0, 0.1) is 11.3 Å². The number of phenols is 1. The molecule has 0 atom stereocenters. The van der Waals surface area contributed by atoms with Crippen molar-refractivity contribution in [3.05, 3.63) is 65.2 Å². The maximum Gasteiger partial charge on any atom is 0.123 e. The summed E-state index contributed by atoms with van der Waals surface area (Å²) in [4.78, 5) is 1.78. The first-order valence-corrected chi connectivity index (χ1v) is 7.46. The van der Waals surface area contributed by atoms with E-state index in [-0.39, 0.29) is 5.75 Å². The molecule has 0 fully saturated rings. The van der Waals surface area contributed by atoms with Crippen LogP contribution in [-0.2, 0) is 0 Å². The van der Waals surface area contributed by atoms with Gasteiger partial charge < -0.3 is 5.11 Å². The van der Waals surface area contributed by atoms with Crippen LogP contribution in [0.5, 0.6) is 5.75 Å². The van der Waals surface area contributed by atoms with E-state index in [0.717, 1.165) is 20.6 Å². The molecule has 4 heteroatoms. The average Bonchev–Trinajstić information content (AvgIpc) is 2.51. The molecule has 21 heavy (non-hydrogen) atoms. The van der Waals surface area contributed by atoms with Crippen LogP contribution in [-0.4, -0.2) is 5.11 Å². The van der Waals surface area contributed by atoms with Crippen molar-refractivity contribution in [2.45, 2.75) is 9.79 Å². The fourth-order valence-corrected chi connectivity index (χ4v) is 3.44. The second kappa shape index (κ2) is 5.69. The highest BCUT2D eigenvalue weighted by Gasteiger charge is 2.09. The molecule has 0 spiro atoms. The Morgan fingerprint density at radius 1 is 0.952 bits per heavy atom. The lowest BCUT2D eigenvalue weighted by atomic mass is 10.1. The zero-order valence-corrected chi connectivity index (χ0v) is 12.4. The molecule has 0 amide bonds. The number of aromatic hydroxyl groups is 1. The Morgan fingerprint density at radius 3 is 2.48 bits per heavy atom. The summed E-state index contributed by atoms with van der Waals surface area (Å²) >= 11 is 7.49. The molecule has 0 aliphatic carbocycles. The highest BCUT2D eigenvalue weighted by atomic mass is 35.5. The Bertz CT molecular complexity index is 870. The minimum absolute atomic E-state index is 0.251. The Kier molecular flexibility index (Phi) is 3.74. The Labute approximate surface area is 131 Å². The van der Waals surface area contributed by atoms with Crippen LogP contribution in [0.15, 0.2) is 64.4 Å². The quantitative estimate of drug-likeness (QED) is 0.705. The van der Waals surface area contributed by atoms with Gasteiger partial charge in [-0.15, -0.1) is 0 Å². The lowest BCUT2D eigenvalue weighted by Gasteiger charge is -2.09. The van der Waals surface area contributed by atoms with Crippen molar-refractivity contribution in [2.75, 3.05) is 0 Å². The second-order valence-corrected chi connectivity index (χ2v) is 6.00. The van der Waals surface area contributed by atoms with Gasteiger partial charge in [-0.2, -0.15) is 5.26 Å². The first-order valence-electron chi connectivity index (χ1n) is 6.27. The minimum atomic E-state index is 0.251. The van der Waals surface area contributed by atoms with Gasteiger partial charge in [0.25, 0.3) is 0 Å². The fourth-order valence-electron chi connectivity index (χ4n) is 2.14. The van der Waals surface area contributed by atoms with Crippen LogP contribution < -0.4 is 0 Å². The summed E-state index contributed by atoms with van der Waals surface area (Å²) in [6, 6.07) is 18.5.